The molecular formula is C25H32N6O2. The molecule has 4 rings (SSSR count). The van der Waals surface area contributed by atoms with Crippen LogP contribution in [0.2, 0.25) is 0 Å². The van der Waals surface area contributed by atoms with Gasteiger partial charge < -0.3 is 14.5 Å². The van der Waals surface area contributed by atoms with Crippen LogP contribution in [0.4, 0.5) is 5.82 Å². The van der Waals surface area contributed by atoms with Crippen LogP contribution in [0.1, 0.15) is 47.3 Å². The Morgan fingerprint density at radius 1 is 1.00 bits per heavy atom. The molecule has 3 heterocycles. The van der Waals surface area contributed by atoms with E-state index in [1.54, 1.807) is 6.33 Å². The number of nitrogens with zero attached hydrogens (tertiary/aromatic N) is 6. The molecule has 1 amide bonds. The highest BCUT2D eigenvalue weighted by atomic mass is 16.5. The van der Waals surface area contributed by atoms with Gasteiger partial charge in [-0.15, -0.1) is 0 Å². The second-order valence-electron chi connectivity index (χ2n) is 8.42. The van der Waals surface area contributed by atoms with Crippen molar-refractivity contribution < 1.29 is 9.53 Å². The van der Waals surface area contributed by atoms with E-state index < -0.39 is 0 Å². The van der Waals surface area contributed by atoms with E-state index in [2.05, 4.69) is 26.8 Å². The summed E-state index contributed by atoms with van der Waals surface area (Å²) in [4.78, 5) is 30.7. The molecule has 1 aromatic carbocycles. The molecule has 1 aliphatic heterocycles. The fraction of sp³-hybridized carbons (Fsp3) is 0.440. The summed E-state index contributed by atoms with van der Waals surface area (Å²) in [5.74, 6) is 3.27. The van der Waals surface area contributed by atoms with Gasteiger partial charge in [0.1, 0.15) is 29.5 Å². The maximum absolute atomic E-state index is 13.0. The highest BCUT2D eigenvalue weighted by Crippen LogP contribution is 2.21. The van der Waals surface area contributed by atoms with Gasteiger partial charge in [0.05, 0.1) is 12.3 Å². The van der Waals surface area contributed by atoms with Gasteiger partial charge in [-0.3, -0.25) is 9.36 Å². The first-order valence-corrected chi connectivity index (χ1v) is 11.6. The van der Waals surface area contributed by atoms with Gasteiger partial charge in [-0.2, -0.15) is 0 Å². The predicted molar refractivity (Wildman–Crippen MR) is 128 cm³/mol. The molecule has 1 aliphatic rings. The fourth-order valence-corrected chi connectivity index (χ4v) is 3.90. The average Bonchev–Trinajstić information content (AvgIpc) is 3.17. The van der Waals surface area contributed by atoms with Gasteiger partial charge in [0.25, 0.3) is 5.91 Å². The first-order chi connectivity index (χ1) is 16.0. The summed E-state index contributed by atoms with van der Waals surface area (Å²) < 4.78 is 7.69. The lowest BCUT2D eigenvalue weighted by atomic mass is 10.1. The number of aromatic nitrogens is 4. The summed E-state index contributed by atoms with van der Waals surface area (Å²) in [6.45, 7) is 11.5. The number of unbranched alkanes of at least 4 members (excludes halogenated alkanes) is 1. The molecule has 3 aromatic rings. The summed E-state index contributed by atoms with van der Waals surface area (Å²) in [5, 5.41) is 0. The van der Waals surface area contributed by atoms with Crippen molar-refractivity contribution in [2.45, 2.75) is 40.5 Å². The Bertz CT molecular complexity index is 1100. The number of piperazine rings is 1. The van der Waals surface area contributed by atoms with Crippen molar-refractivity contribution in [3.8, 4) is 11.6 Å². The van der Waals surface area contributed by atoms with Gasteiger partial charge in [-0.1, -0.05) is 13.3 Å². The molecule has 1 fully saturated rings. The van der Waals surface area contributed by atoms with Gasteiger partial charge in [0.2, 0.25) is 0 Å². The number of benzene rings is 1. The fourth-order valence-electron chi connectivity index (χ4n) is 3.90. The normalized spacial score (nSPS) is 13.9. The quantitative estimate of drug-likeness (QED) is 0.513. The van der Waals surface area contributed by atoms with E-state index in [4.69, 9.17) is 4.74 Å². The largest absolute Gasteiger partial charge is 0.494 e. The van der Waals surface area contributed by atoms with Gasteiger partial charge in [0.15, 0.2) is 0 Å². The smallest absolute Gasteiger partial charge is 0.253 e. The molecule has 0 unspecified atom stereocenters. The van der Waals surface area contributed by atoms with Crippen LogP contribution in [-0.2, 0) is 0 Å². The van der Waals surface area contributed by atoms with Gasteiger partial charge >= 0.3 is 0 Å². The Labute approximate surface area is 195 Å². The number of rotatable bonds is 7. The Morgan fingerprint density at radius 3 is 2.33 bits per heavy atom. The first kappa shape index (κ1) is 22.8. The molecule has 0 radical (unpaired) electrons. The molecule has 8 nitrogen and oxygen atoms in total. The van der Waals surface area contributed by atoms with Gasteiger partial charge in [0, 0.05) is 43.5 Å². The van der Waals surface area contributed by atoms with Crippen LogP contribution < -0.4 is 9.64 Å². The Kier molecular flexibility index (Phi) is 6.91. The van der Waals surface area contributed by atoms with E-state index in [0.29, 0.717) is 31.1 Å². The van der Waals surface area contributed by atoms with Crippen molar-refractivity contribution in [2.75, 3.05) is 37.7 Å². The van der Waals surface area contributed by atoms with E-state index in [-0.39, 0.29) is 5.91 Å². The van der Waals surface area contributed by atoms with Crippen molar-refractivity contribution in [1.82, 2.24) is 24.4 Å². The number of amides is 1. The second-order valence-corrected chi connectivity index (χ2v) is 8.42. The minimum absolute atomic E-state index is 0.0545. The highest BCUT2D eigenvalue weighted by Gasteiger charge is 2.24. The van der Waals surface area contributed by atoms with Crippen molar-refractivity contribution >= 4 is 11.7 Å². The summed E-state index contributed by atoms with van der Waals surface area (Å²) in [6.07, 6.45) is 3.92. The Balaban J connectivity index is 1.40. The zero-order chi connectivity index (χ0) is 23.4. The van der Waals surface area contributed by atoms with Crippen molar-refractivity contribution in [3.63, 3.8) is 0 Å². The lowest BCUT2D eigenvalue weighted by Gasteiger charge is -2.35. The van der Waals surface area contributed by atoms with Crippen molar-refractivity contribution in [1.29, 1.82) is 0 Å². The van der Waals surface area contributed by atoms with E-state index in [9.17, 15) is 4.79 Å². The molecule has 0 bridgehead atoms. The number of carbonyl (C=O) groups is 1. The standard InChI is InChI=1S/C25H32N6O2/c1-5-6-15-33-22-9-7-21(8-10-22)25(32)30-13-11-29(12-14-30)23-16-24(28-20(4)27-23)31-17-26-18(2)19(31)3/h7-10,16-17H,5-6,11-15H2,1-4H3. The molecular weight excluding hydrogens is 416 g/mol. The van der Waals surface area contributed by atoms with Crippen LogP contribution in [0.5, 0.6) is 5.75 Å². The SMILES string of the molecule is CCCCOc1ccc(C(=O)N2CCN(c3cc(-n4cnc(C)c4C)nc(C)n3)CC2)cc1. The molecule has 1 saturated heterocycles. The zero-order valence-corrected chi connectivity index (χ0v) is 19.9. The van der Waals surface area contributed by atoms with Gasteiger partial charge in [-0.25, -0.2) is 15.0 Å². The second kappa shape index (κ2) is 10.0. The number of hydrogen-bond acceptors (Lipinski definition) is 6. The topological polar surface area (TPSA) is 76.4 Å². The minimum Gasteiger partial charge on any atom is -0.494 e. The van der Waals surface area contributed by atoms with E-state index in [1.165, 1.54) is 0 Å². The number of carbonyl (C=O) groups excluding carboxylic acids is 1. The van der Waals surface area contributed by atoms with Crippen molar-refractivity contribution in [2.24, 2.45) is 0 Å². The lowest BCUT2D eigenvalue weighted by Crippen LogP contribution is -2.49. The summed E-state index contributed by atoms with van der Waals surface area (Å²) in [7, 11) is 0. The van der Waals surface area contributed by atoms with Crippen LogP contribution in [0.3, 0.4) is 0 Å². The molecule has 0 aliphatic carbocycles. The zero-order valence-electron chi connectivity index (χ0n) is 19.9. The highest BCUT2D eigenvalue weighted by molar-refractivity contribution is 5.94. The number of hydrogen-bond donors (Lipinski definition) is 0. The third-order valence-electron chi connectivity index (χ3n) is 6.07. The number of aryl methyl sites for hydroxylation is 2. The van der Waals surface area contributed by atoms with Crippen LogP contribution in [-0.4, -0.2) is 63.1 Å². The van der Waals surface area contributed by atoms with Crippen LogP contribution in [0, 0.1) is 20.8 Å². The van der Waals surface area contributed by atoms with E-state index in [1.807, 2.05) is 60.6 Å². The van der Waals surface area contributed by atoms with Crippen LogP contribution >= 0.6 is 0 Å². The Morgan fingerprint density at radius 2 is 1.70 bits per heavy atom. The molecule has 0 N–H and O–H groups in total. The molecule has 8 heteroatoms. The summed E-state index contributed by atoms with van der Waals surface area (Å²) >= 11 is 0. The van der Waals surface area contributed by atoms with Crippen molar-refractivity contribution in [3.05, 3.63) is 59.4 Å². The molecule has 174 valence electrons. The molecule has 33 heavy (non-hydrogen) atoms. The Hall–Kier alpha value is -3.42. The number of imidazole rings is 1. The predicted octanol–water partition coefficient (Wildman–Crippen LogP) is 3.73. The number of anilines is 1. The summed E-state index contributed by atoms with van der Waals surface area (Å²) in [6, 6.07) is 9.46. The minimum atomic E-state index is 0.0545. The molecule has 0 spiro atoms. The molecule has 0 saturated carbocycles. The third-order valence-corrected chi connectivity index (χ3v) is 6.07. The van der Waals surface area contributed by atoms with E-state index in [0.717, 1.165) is 54.7 Å². The maximum Gasteiger partial charge on any atom is 0.253 e. The molecule has 0 atom stereocenters. The molecule has 2 aromatic heterocycles. The van der Waals surface area contributed by atoms with Crippen LogP contribution in [0.15, 0.2) is 36.7 Å². The van der Waals surface area contributed by atoms with Gasteiger partial charge in [-0.05, 0) is 51.5 Å². The lowest BCUT2D eigenvalue weighted by molar-refractivity contribution is 0.0746. The maximum atomic E-state index is 13.0. The monoisotopic (exact) mass is 448 g/mol. The average molecular weight is 449 g/mol. The van der Waals surface area contributed by atoms with Crippen LogP contribution in [0.25, 0.3) is 5.82 Å². The van der Waals surface area contributed by atoms with E-state index >= 15 is 0 Å². The third kappa shape index (κ3) is 5.16. The number of ether oxygens (including phenoxy) is 1. The first-order valence-electron chi connectivity index (χ1n) is 11.6. The summed E-state index contributed by atoms with van der Waals surface area (Å²) in [5.41, 5.74) is 2.74.